The summed E-state index contributed by atoms with van der Waals surface area (Å²) in [4.78, 5) is 31.5. The van der Waals surface area contributed by atoms with Gasteiger partial charge in [-0.15, -0.1) is 0 Å². The Balaban J connectivity index is 1.22. The van der Waals surface area contributed by atoms with Crippen LogP contribution >= 0.6 is 7.82 Å². The van der Waals surface area contributed by atoms with Gasteiger partial charge < -0.3 is 153 Å². The monoisotopic (exact) mass is 1070 g/mol. The molecule has 0 aromatic rings. The highest BCUT2D eigenvalue weighted by Crippen LogP contribution is 2.40. The van der Waals surface area contributed by atoms with Crippen LogP contribution in [0.3, 0.4) is 0 Å². The van der Waals surface area contributed by atoms with Crippen LogP contribution in [-0.2, 0) is 70.7 Å². The second kappa shape index (κ2) is 23.4. The van der Waals surface area contributed by atoms with Gasteiger partial charge >= 0.3 is 13.8 Å². The van der Waals surface area contributed by atoms with Gasteiger partial charge in [-0.25, -0.2) is 9.36 Å². The van der Waals surface area contributed by atoms with Gasteiger partial charge in [-0.3, -0.25) is 4.52 Å². The number of hydrogen-bond donors (Lipinski definition) is 19. The zero-order valence-electron chi connectivity index (χ0n) is 36.4. The van der Waals surface area contributed by atoms with E-state index >= 15 is 0 Å². The lowest BCUT2D eigenvalue weighted by molar-refractivity contribution is -0.402. The lowest BCUT2D eigenvalue weighted by Gasteiger charge is -2.50. The minimum Gasteiger partial charge on any atom is -0.479 e. The minimum atomic E-state index is -5.39. The molecule has 22 aliphatic rings. The quantitative estimate of drug-likeness (QED) is 0.100. The number of phosphoric acid groups is 1. The Morgan fingerprint density at radius 3 is 0.831 bits per heavy atom. The first-order valence-electron chi connectivity index (χ1n) is 21.8. The topological polar surface area (TPSA) is 539 Å². The molecular formula is C36H59O34P. The largest absolute Gasteiger partial charge is 0.479 e. The number of carbonyl (C=O) groups is 1. The molecule has 0 saturated carbocycles. The van der Waals surface area contributed by atoms with Crippen LogP contribution < -0.4 is 0 Å². The van der Waals surface area contributed by atoms with Gasteiger partial charge in [0.25, 0.3) is 0 Å². The maximum absolute atomic E-state index is 12.5. The van der Waals surface area contributed by atoms with Gasteiger partial charge in [-0.2, -0.15) is 0 Å². The van der Waals surface area contributed by atoms with E-state index < -0.39 is 231 Å². The summed E-state index contributed by atoms with van der Waals surface area (Å²) in [5, 5.41) is 186. The Labute approximate surface area is 398 Å². The van der Waals surface area contributed by atoms with Crippen LogP contribution in [0.15, 0.2) is 0 Å². The Morgan fingerprint density at radius 1 is 0.352 bits per heavy atom. The average molecular weight is 1070 g/mol. The first-order valence-corrected chi connectivity index (χ1v) is 23.4. The fourth-order valence-corrected chi connectivity index (χ4v) is 9.39. The number of hydrogen-bond acceptors (Lipinski definition) is 31. The molecule has 0 aromatic heterocycles. The Kier molecular flexibility index (Phi) is 18.8. The van der Waals surface area contributed by atoms with Crippen LogP contribution in [0.1, 0.15) is 0 Å². The van der Waals surface area contributed by atoms with Crippen molar-refractivity contribution in [3.05, 3.63) is 0 Å². The van der Waals surface area contributed by atoms with Crippen molar-refractivity contribution in [3.63, 3.8) is 0 Å². The van der Waals surface area contributed by atoms with Crippen molar-refractivity contribution in [1.29, 1.82) is 0 Å². The molecule has 34 nitrogen and oxygen atoms in total. The summed E-state index contributed by atoms with van der Waals surface area (Å²) in [6.45, 7) is -5.66. The van der Waals surface area contributed by atoms with E-state index in [0.29, 0.717) is 0 Å². The third-order valence-corrected chi connectivity index (χ3v) is 13.4. The van der Waals surface area contributed by atoms with E-state index in [1.165, 1.54) is 0 Å². The molecule has 0 aliphatic carbocycles. The highest BCUT2D eigenvalue weighted by Gasteiger charge is 2.59. The second-order valence-corrected chi connectivity index (χ2v) is 18.7. The van der Waals surface area contributed by atoms with Gasteiger partial charge in [0.05, 0.1) is 33.0 Å². The fraction of sp³-hybridized carbons (Fsp3) is 0.972. The number of carboxylic acid groups (broad SMARTS) is 1. The third-order valence-electron chi connectivity index (χ3n) is 12.9. The summed E-state index contributed by atoms with van der Waals surface area (Å²) >= 11 is 0. The van der Waals surface area contributed by atoms with Gasteiger partial charge in [0.2, 0.25) is 0 Å². The standard InChI is InChI=1S/C36H59O34P/c37-1-6-23-12(42)19(49)33(61-6)68-27-10(5-58-71(55,56)57)63-35(21(51)15(27)45)66-25-7(2-38)59-31(17(47)11(25)41)65-24-8(3-39)62-34(20(50)14(24)44)69-28-16(46)22(52)36(70-29(28)30(53)54)67-26-9(4-40)60-32(64-23)18(48)13(26)43/h6-29,31-52H,1-5H2,(H,53,54)(H2,55,56,57)/t6-,7-,8-,9-,10-,11-,12-,13-,14-,15-,16-,17-,18-,19-,20-,21-,22-,23-,24-,25-,26-,27-,28+,29+,31-,32-,33-,34-,35-,36+/m1/s1. The van der Waals surface area contributed by atoms with Crippen molar-refractivity contribution < 1.29 is 167 Å². The van der Waals surface area contributed by atoms with Crippen LogP contribution in [-0.4, -0.2) is 320 Å². The minimum absolute atomic E-state index is 1.11. The first kappa shape index (κ1) is 57.2. The molecule has 22 aliphatic heterocycles. The van der Waals surface area contributed by atoms with E-state index in [-0.39, 0.29) is 0 Å². The van der Waals surface area contributed by atoms with Crippen molar-refractivity contribution in [2.75, 3.05) is 33.0 Å². The molecule has 19 N–H and O–H groups in total. The number of carboxylic acids is 1. The third kappa shape index (κ3) is 11.7. The molecule has 30 atom stereocenters. The number of phosphoric ester groups is 1. The SMILES string of the molecule is O=C(O)[C@H]1O[C@@H]2O[C@H]3[C@H](O)[C@@H](O)[C@@H](O[C@H]4[C@H](O)[C@@H](O)[C@@H](O[C@H]5[C@H](O)[C@@H](O)[C@@H](O[C@H]6[C@H](O)[C@@H](O)[C@@H](O[C@H]7[C@H](O)[C@@H](O)[C@@H](O[C@H]1[C@H](O)[C@H]2O)O[C@@H]7CO)O[C@@H]6CO)O[C@@H]5COP(=O)(O)O)O[C@@H]4CO)O[C@@H]3CO. The zero-order chi connectivity index (χ0) is 52.1. The maximum Gasteiger partial charge on any atom is 0.469 e. The van der Waals surface area contributed by atoms with E-state index in [4.69, 9.17) is 56.8 Å². The molecule has 22 saturated heterocycles. The molecule has 71 heavy (non-hydrogen) atoms. The van der Waals surface area contributed by atoms with Crippen molar-refractivity contribution in [3.8, 4) is 0 Å². The molecule has 0 aromatic carbocycles. The first-order chi connectivity index (χ1) is 33.4. The predicted octanol–water partition coefficient (Wildman–Crippen LogP) is -12.8. The van der Waals surface area contributed by atoms with Gasteiger partial charge in [-0.05, 0) is 0 Å². The summed E-state index contributed by atoms with van der Waals surface area (Å²) in [7, 11) is -5.39. The van der Waals surface area contributed by atoms with Crippen LogP contribution in [0.4, 0.5) is 0 Å². The van der Waals surface area contributed by atoms with E-state index in [1.807, 2.05) is 0 Å². The van der Waals surface area contributed by atoms with Gasteiger partial charge in [-0.1, -0.05) is 0 Å². The van der Waals surface area contributed by atoms with E-state index in [0.717, 1.165) is 0 Å². The Morgan fingerprint density at radius 2 is 0.577 bits per heavy atom. The van der Waals surface area contributed by atoms with Crippen molar-refractivity contribution in [2.45, 2.75) is 184 Å². The molecule has 0 spiro atoms. The summed E-state index contributed by atoms with van der Waals surface area (Å²) in [6.07, 6.45) is -64.4. The molecular weight excluding hydrogens is 1010 g/mol. The number of rotatable bonds is 8. The van der Waals surface area contributed by atoms with Crippen molar-refractivity contribution in [2.24, 2.45) is 0 Å². The summed E-state index contributed by atoms with van der Waals surface area (Å²) < 4.78 is 83.3. The van der Waals surface area contributed by atoms with Gasteiger partial charge in [0, 0.05) is 0 Å². The molecule has 12 bridgehead atoms. The number of aliphatic hydroxyl groups excluding tert-OH is 16. The smallest absolute Gasteiger partial charge is 0.469 e. The lowest BCUT2D eigenvalue weighted by Crippen LogP contribution is -2.69. The maximum atomic E-state index is 12.5. The molecule has 35 heteroatoms. The molecule has 0 radical (unpaired) electrons. The van der Waals surface area contributed by atoms with E-state index in [1.54, 1.807) is 0 Å². The number of aliphatic carboxylic acids is 1. The lowest BCUT2D eigenvalue weighted by atomic mass is 9.94. The normalized spacial score (nSPS) is 52.5. The van der Waals surface area contributed by atoms with E-state index in [9.17, 15) is 106 Å². The van der Waals surface area contributed by atoms with Crippen LogP contribution in [0.2, 0.25) is 0 Å². The number of ether oxygens (including phenoxy) is 12. The molecule has 412 valence electrons. The Hall–Kier alpha value is -1.54. The summed E-state index contributed by atoms with van der Waals surface area (Å²) in [5.41, 5.74) is 0. The second-order valence-electron chi connectivity index (χ2n) is 17.5. The summed E-state index contributed by atoms with van der Waals surface area (Å²) in [6, 6.07) is 0. The van der Waals surface area contributed by atoms with E-state index in [2.05, 4.69) is 4.52 Å². The highest BCUT2D eigenvalue weighted by atomic mass is 31.2. The van der Waals surface area contributed by atoms with Crippen LogP contribution in [0, 0.1) is 0 Å². The molecule has 0 unspecified atom stereocenters. The Bertz CT molecular complexity index is 1770. The number of aliphatic hydroxyl groups is 16. The van der Waals surface area contributed by atoms with Gasteiger partial charge in [0.1, 0.15) is 140 Å². The van der Waals surface area contributed by atoms with Crippen molar-refractivity contribution in [1.82, 2.24) is 0 Å². The fourth-order valence-electron chi connectivity index (χ4n) is 9.05. The van der Waals surface area contributed by atoms with Gasteiger partial charge in [0.15, 0.2) is 43.8 Å². The summed E-state index contributed by atoms with van der Waals surface area (Å²) in [5.74, 6) is -1.91. The molecule has 22 heterocycles. The predicted molar refractivity (Wildman–Crippen MR) is 207 cm³/mol. The van der Waals surface area contributed by atoms with Crippen LogP contribution in [0.25, 0.3) is 0 Å². The molecule has 22 rings (SSSR count). The average Bonchev–Trinajstić information content (AvgIpc) is 3.33. The highest BCUT2D eigenvalue weighted by molar-refractivity contribution is 7.46. The van der Waals surface area contributed by atoms with Crippen molar-refractivity contribution >= 4 is 13.8 Å². The molecule has 0 amide bonds. The van der Waals surface area contributed by atoms with Crippen LogP contribution in [0.5, 0.6) is 0 Å². The zero-order valence-corrected chi connectivity index (χ0v) is 37.3. The molecule has 22 fully saturated rings.